The molecule has 0 radical (unpaired) electrons. The Kier molecular flexibility index (Phi) is 8.23. The first-order chi connectivity index (χ1) is 6.93. The summed E-state index contributed by atoms with van der Waals surface area (Å²) in [5.41, 5.74) is 0. The van der Waals surface area contributed by atoms with E-state index in [-0.39, 0.29) is 11.4 Å². The van der Waals surface area contributed by atoms with E-state index in [4.69, 9.17) is 0 Å². The average molecular weight is 236 g/mol. The van der Waals surface area contributed by atoms with Crippen LogP contribution in [0.15, 0.2) is 0 Å². The van der Waals surface area contributed by atoms with Crippen molar-refractivity contribution in [3.63, 3.8) is 0 Å². The fraction of sp³-hybridized carbons (Fsp3) is 1.00. The summed E-state index contributed by atoms with van der Waals surface area (Å²) in [5, 5.41) is 12.9. The Bertz CT molecular complexity index is 188. The third kappa shape index (κ3) is 8.99. The zero-order valence-electron chi connectivity index (χ0n) is 10.2. The van der Waals surface area contributed by atoms with Crippen LogP contribution in [0.4, 0.5) is 0 Å². The molecule has 0 aliphatic heterocycles. The van der Waals surface area contributed by atoms with Crippen LogP contribution in [-0.2, 0) is 10.8 Å². The summed E-state index contributed by atoms with van der Waals surface area (Å²) in [4.78, 5) is 1.95. The molecule has 0 amide bonds. The second-order valence-electron chi connectivity index (χ2n) is 4.22. The lowest BCUT2D eigenvalue weighted by Gasteiger charge is -2.16. The molecule has 0 heterocycles. The summed E-state index contributed by atoms with van der Waals surface area (Å²) < 4.78 is 11.0. The van der Waals surface area contributed by atoms with E-state index in [1.54, 1.807) is 6.26 Å². The molecule has 0 aromatic heterocycles. The number of aliphatic hydroxyl groups is 1. The van der Waals surface area contributed by atoms with E-state index in [9.17, 15) is 9.32 Å². The van der Waals surface area contributed by atoms with Crippen LogP contribution in [0, 0.1) is 0 Å². The van der Waals surface area contributed by atoms with Gasteiger partial charge in [0.2, 0.25) is 0 Å². The van der Waals surface area contributed by atoms with Crippen molar-refractivity contribution in [1.82, 2.24) is 10.2 Å². The Hall–Kier alpha value is 0.0300. The number of hydrogen-bond donors (Lipinski definition) is 2. The number of nitrogens with one attached hydrogen (secondary N) is 1. The first-order valence-electron chi connectivity index (χ1n) is 5.29. The van der Waals surface area contributed by atoms with Gasteiger partial charge < -0.3 is 15.3 Å². The molecule has 0 aliphatic rings. The zero-order chi connectivity index (χ0) is 11.8. The second kappa shape index (κ2) is 8.21. The maximum atomic E-state index is 11.0. The number of rotatable bonds is 8. The van der Waals surface area contributed by atoms with Crippen molar-refractivity contribution in [2.24, 2.45) is 0 Å². The lowest BCUT2D eigenvalue weighted by atomic mass is 10.3. The Morgan fingerprint density at radius 2 is 2.07 bits per heavy atom. The molecule has 4 nitrogen and oxygen atoms in total. The van der Waals surface area contributed by atoms with E-state index in [1.165, 1.54) is 0 Å². The predicted molar refractivity (Wildman–Crippen MR) is 65.6 cm³/mol. The van der Waals surface area contributed by atoms with E-state index in [0.29, 0.717) is 13.1 Å². The highest BCUT2D eigenvalue weighted by Gasteiger charge is 2.07. The minimum absolute atomic E-state index is 0.225. The number of nitrogens with zero attached hydrogens (tertiary/aromatic N) is 1. The van der Waals surface area contributed by atoms with Crippen LogP contribution in [0.3, 0.4) is 0 Å². The van der Waals surface area contributed by atoms with Crippen LogP contribution in [0.2, 0.25) is 0 Å². The van der Waals surface area contributed by atoms with Crippen molar-refractivity contribution in [1.29, 1.82) is 0 Å². The zero-order valence-corrected chi connectivity index (χ0v) is 11.0. The highest BCUT2D eigenvalue weighted by atomic mass is 32.2. The lowest BCUT2D eigenvalue weighted by Crippen LogP contribution is -2.36. The third-order valence-corrected chi connectivity index (χ3v) is 3.62. The SMILES string of the molecule is CC(CCNCC(O)CN(C)C)S(C)=O. The van der Waals surface area contributed by atoms with Crippen LogP contribution in [0.1, 0.15) is 13.3 Å². The third-order valence-electron chi connectivity index (χ3n) is 2.25. The first kappa shape index (κ1) is 15.0. The number of aliphatic hydroxyl groups excluding tert-OH is 1. The molecule has 0 saturated heterocycles. The maximum Gasteiger partial charge on any atom is 0.0791 e. The molecule has 0 bridgehead atoms. The Balaban J connectivity index is 3.42. The van der Waals surface area contributed by atoms with Crippen molar-refractivity contribution in [2.45, 2.75) is 24.7 Å². The Morgan fingerprint density at radius 3 is 2.53 bits per heavy atom. The topological polar surface area (TPSA) is 52.6 Å². The largest absolute Gasteiger partial charge is 0.390 e. The van der Waals surface area contributed by atoms with Crippen LogP contribution >= 0.6 is 0 Å². The van der Waals surface area contributed by atoms with Gasteiger partial charge in [0, 0.05) is 35.4 Å². The molecule has 3 unspecified atom stereocenters. The van der Waals surface area contributed by atoms with Crippen molar-refractivity contribution in [2.75, 3.05) is 40.0 Å². The Labute approximate surface area is 95.5 Å². The molecule has 2 N–H and O–H groups in total. The molecule has 5 heteroatoms. The van der Waals surface area contributed by atoms with Gasteiger partial charge in [0.15, 0.2) is 0 Å². The highest BCUT2D eigenvalue weighted by molar-refractivity contribution is 7.84. The van der Waals surface area contributed by atoms with Crippen LogP contribution in [-0.4, -0.2) is 65.6 Å². The summed E-state index contributed by atoms with van der Waals surface area (Å²) in [6.07, 6.45) is 2.28. The molecule has 0 aromatic carbocycles. The minimum Gasteiger partial charge on any atom is -0.390 e. The van der Waals surface area contributed by atoms with Gasteiger partial charge in [-0.25, -0.2) is 0 Å². The fourth-order valence-electron chi connectivity index (χ4n) is 1.23. The van der Waals surface area contributed by atoms with E-state index < -0.39 is 10.8 Å². The molecular formula is C10H24N2O2S. The van der Waals surface area contributed by atoms with Gasteiger partial charge in [0.05, 0.1) is 6.10 Å². The smallest absolute Gasteiger partial charge is 0.0791 e. The molecule has 0 fully saturated rings. The predicted octanol–water partition coefficient (Wildman–Crippen LogP) is -0.344. The standard InChI is InChI=1S/C10H24N2O2S/c1-9(15(4)14)5-6-11-7-10(13)8-12(2)3/h9-11,13H,5-8H2,1-4H3. The van der Waals surface area contributed by atoms with Crippen molar-refractivity contribution in [3.05, 3.63) is 0 Å². The Morgan fingerprint density at radius 1 is 1.47 bits per heavy atom. The quantitative estimate of drug-likeness (QED) is 0.566. The van der Waals surface area contributed by atoms with Gasteiger partial charge in [-0.2, -0.15) is 0 Å². The van der Waals surface area contributed by atoms with Crippen molar-refractivity contribution in [3.8, 4) is 0 Å². The van der Waals surface area contributed by atoms with Crippen LogP contribution < -0.4 is 5.32 Å². The number of likely N-dealkylation sites (N-methyl/N-ethyl adjacent to an activating group) is 1. The number of hydrogen-bond acceptors (Lipinski definition) is 4. The van der Waals surface area contributed by atoms with Crippen LogP contribution in [0.25, 0.3) is 0 Å². The maximum absolute atomic E-state index is 11.0. The van der Waals surface area contributed by atoms with Gasteiger partial charge >= 0.3 is 0 Å². The molecule has 3 atom stereocenters. The molecule has 0 aliphatic carbocycles. The average Bonchev–Trinajstić information content (AvgIpc) is 2.10. The van der Waals surface area contributed by atoms with E-state index >= 15 is 0 Å². The van der Waals surface area contributed by atoms with Gasteiger partial charge in [-0.1, -0.05) is 6.92 Å². The van der Waals surface area contributed by atoms with Gasteiger partial charge in [-0.3, -0.25) is 4.21 Å². The molecule has 0 saturated carbocycles. The van der Waals surface area contributed by atoms with Gasteiger partial charge in [0.1, 0.15) is 0 Å². The minimum atomic E-state index is -0.744. The normalized spacial score (nSPS) is 17.7. The fourth-order valence-corrected chi connectivity index (χ4v) is 1.68. The monoisotopic (exact) mass is 236 g/mol. The van der Waals surface area contributed by atoms with Gasteiger partial charge in [-0.05, 0) is 27.1 Å². The van der Waals surface area contributed by atoms with Gasteiger partial charge in [0.25, 0.3) is 0 Å². The summed E-state index contributed by atoms with van der Waals surface area (Å²) in [6.45, 7) is 4.06. The van der Waals surface area contributed by atoms with Crippen molar-refractivity contribution < 1.29 is 9.32 Å². The van der Waals surface area contributed by atoms with Crippen LogP contribution in [0.5, 0.6) is 0 Å². The second-order valence-corrected chi connectivity index (χ2v) is 6.02. The summed E-state index contributed by atoms with van der Waals surface area (Å²) >= 11 is 0. The summed E-state index contributed by atoms with van der Waals surface area (Å²) in [7, 11) is 3.13. The molecule has 0 rings (SSSR count). The molecule has 0 aromatic rings. The van der Waals surface area contributed by atoms with Gasteiger partial charge in [-0.15, -0.1) is 0 Å². The first-order valence-corrected chi connectivity index (χ1v) is 6.91. The molecule has 15 heavy (non-hydrogen) atoms. The summed E-state index contributed by atoms with van der Waals surface area (Å²) in [6, 6.07) is 0. The molecular weight excluding hydrogens is 212 g/mol. The van der Waals surface area contributed by atoms with Crippen molar-refractivity contribution >= 4 is 10.8 Å². The van der Waals surface area contributed by atoms with E-state index in [0.717, 1.165) is 13.0 Å². The molecule has 0 spiro atoms. The van der Waals surface area contributed by atoms with E-state index in [2.05, 4.69) is 5.32 Å². The highest BCUT2D eigenvalue weighted by Crippen LogP contribution is 1.97. The molecule has 92 valence electrons. The summed E-state index contributed by atoms with van der Waals surface area (Å²) in [5.74, 6) is 0. The van der Waals surface area contributed by atoms with E-state index in [1.807, 2.05) is 25.9 Å². The lowest BCUT2D eigenvalue weighted by molar-refractivity contribution is 0.135.